The second kappa shape index (κ2) is 5.25. The van der Waals surface area contributed by atoms with E-state index in [0.717, 1.165) is 32.7 Å². The molecule has 0 aromatic heterocycles. The van der Waals surface area contributed by atoms with E-state index in [1.54, 1.807) is 0 Å². The Kier molecular flexibility index (Phi) is 4.61. The lowest BCUT2D eigenvalue weighted by atomic mass is 9.86. The van der Waals surface area contributed by atoms with Crippen LogP contribution in [0, 0.1) is 5.41 Å². The topological polar surface area (TPSA) is 26.7 Å². The van der Waals surface area contributed by atoms with Gasteiger partial charge >= 0.3 is 0 Å². The van der Waals surface area contributed by atoms with E-state index < -0.39 is 0 Å². The third-order valence-electron chi connectivity index (χ3n) is 4.08. The zero-order valence-electron chi connectivity index (χ0n) is 12.5. The van der Waals surface area contributed by atoms with Crippen molar-refractivity contribution in [2.24, 2.45) is 5.41 Å². The van der Waals surface area contributed by atoms with Crippen molar-refractivity contribution in [1.82, 2.24) is 9.80 Å². The summed E-state index contributed by atoms with van der Waals surface area (Å²) in [5, 5.41) is 9.75. The molecule has 1 N–H and O–H groups in total. The van der Waals surface area contributed by atoms with Gasteiger partial charge in [0.05, 0.1) is 6.10 Å². The highest BCUT2D eigenvalue weighted by molar-refractivity contribution is 4.85. The number of piperazine rings is 1. The Balaban J connectivity index is 2.43. The minimum Gasteiger partial charge on any atom is -0.393 e. The molecule has 0 aromatic rings. The van der Waals surface area contributed by atoms with Crippen molar-refractivity contribution in [2.45, 2.75) is 53.2 Å². The molecule has 17 heavy (non-hydrogen) atoms. The first-order chi connectivity index (χ1) is 7.63. The van der Waals surface area contributed by atoms with Crippen LogP contribution in [0.5, 0.6) is 0 Å². The van der Waals surface area contributed by atoms with Gasteiger partial charge in [0.25, 0.3) is 0 Å². The van der Waals surface area contributed by atoms with Crippen LogP contribution in [0.4, 0.5) is 0 Å². The molecule has 0 bridgehead atoms. The van der Waals surface area contributed by atoms with Crippen molar-refractivity contribution in [3.63, 3.8) is 0 Å². The molecule has 1 unspecified atom stereocenters. The van der Waals surface area contributed by atoms with Crippen molar-refractivity contribution in [1.29, 1.82) is 0 Å². The van der Waals surface area contributed by atoms with Crippen LogP contribution in [0.25, 0.3) is 0 Å². The lowest BCUT2D eigenvalue weighted by molar-refractivity contribution is 0.00439. The first kappa shape index (κ1) is 14.9. The first-order valence-electron chi connectivity index (χ1n) is 6.78. The molecule has 1 aliphatic rings. The summed E-state index contributed by atoms with van der Waals surface area (Å²) in [6, 6.07) is 0. The summed E-state index contributed by atoms with van der Waals surface area (Å²) in [6.45, 7) is 18.5. The summed E-state index contributed by atoms with van der Waals surface area (Å²) in [6.07, 6.45) is -0.247. The zero-order valence-corrected chi connectivity index (χ0v) is 12.5. The number of nitrogens with zero attached hydrogens (tertiary/aromatic N) is 2. The van der Waals surface area contributed by atoms with Gasteiger partial charge in [-0.2, -0.15) is 0 Å². The molecule has 0 spiro atoms. The number of aliphatic hydroxyl groups excluding tert-OH is 1. The lowest BCUT2D eigenvalue weighted by Gasteiger charge is -2.44. The number of hydrogen-bond acceptors (Lipinski definition) is 3. The maximum atomic E-state index is 9.75. The van der Waals surface area contributed by atoms with E-state index in [2.05, 4.69) is 44.4 Å². The van der Waals surface area contributed by atoms with Gasteiger partial charge in [-0.1, -0.05) is 13.8 Å². The monoisotopic (exact) mass is 242 g/mol. The van der Waals surface area contributed by atoms with Gasteiger partial charge < -0.3 is 10.0 Å². The molecule has 3 nitrogen and oxygen atoms in total. The van der Waals surface area contributed by atoms with E-state index in [1.807, 2.05) is 6.92 Å². The van der Waals surface area contributed by atoms with Crippen molar-refractivity contribution < 1.29 is 5.11 Å². The third-order valence-corrected chi connectivity index (χ3v) is 4.08. The summed E-state index contributed by atoms with van der Waals surface area (Å²) in [4.78, 5) is 5.02. The van der Waals surface area contributed by atoms with Gasteiger partial charge in [-0.3, -0.25) is 4.90 Å². The van der Waals surface area contributed by atoms with Crippen molar-refractivity contribution in [2.75, 3.05) is 32.7 Å². The van der Waals surface area contributed by atoms with Crippen LogP contribution in [0.3, 0.4) is 0 Å². The second-order valence-electron chi connectivity index (χ2n) is 7.10. The molecule has 0 aromatic carbocycles. The molecule has 0 aliphatic carbocycles. The SMILES string of the molecule is CC(O)C(C)(C)CN1CCN(C(C)(C)C)CC1. The Hall–Kier alpha value is -0.120. The van der Waals surface area contributed by atoms with Gasteiger partial charge in [-0.25, -0.2) is 0 Å². The highest BCUT2D eigenvalue weighted by atomic mass is 16.3. The molecule has 0 radical (unpaired) electrons. The molecule has 1 saturated heterocycles. The van der Waals surface area contributed by atoms with E-state index in [9.17, 15) is 5.11 Å². The minimum atomic E-state index is -0.247. The van der Waals surface area contributed by atoms with Gasteiger partial charge in [-0.05, 0) is 27.7 Å². The normalized spacial score (nSPS) is 22.8. The first-order valence-corrected chi connectivity index (χ1v) is 6.78. The maximum Gasteiger partial charge on any atom is 0.0575 e. The Morgan fingerprint density at radius 1 is 1.00 bits per heavy atom. The van der Waals surface area contributed by atoms with Gasteiger partial charge in [0.15, 0.2) is 0 Å². The summed E-state index contributed by atoms with van der Waals surface area (Å²) >= 11 is 0. The molecule has 0 saturated carbocycles. The maximum absolute atomic E-state index is 9.75. The van der Waals surface area contributed by atoms with Crippen molar-refractivity contribution >= 4 is 0 Å². The number of hydrogen-bond donors (Lipinski definition) is 1. The van der Waals surface area contributed by atoms with E-state index in [0.29, 0.717) is 0 Å². The molecule has 1 fully saturated rings. The van der Waals surface area contributed by atoms with Gasteiger partial charge in [0.1, 0.15) is 0 Å². The van der Waals surface area contributed by atoms with E-state index in [4.69, 9.17) is 0 Å². The van der Waals surface area contributed by atoms with E-state index in [-0.39, 0.29) is 17.1 Å². The van der Waals surface area contributed by atoms with Crippen molar-refractivity contribution in [3.8, 4) is 0 Å². The largest absolute Gasteiger partial charge is 0.393 e. The molecule has 102 valence electrons. The fraction of sp³-hybridized carbons (Fsp3) is 1.00. The molecule has 0 amide bonds. The molecule has 1 aliphatic heterocycles. The fourth-order valence-electron chi connectivity index (χ4n) is 2.29. The fourth-order valence-corrected chi connectivity index (χ4v) is 2.29. The van der Waals surface area contributed by atoms with Crippen LogP contribution < -0.4 is 0 Å². The summed E-state index contributed by atoms with van der Waals surface area (Å²) < 4.78 is 0. The summed E-state index contributed by atoms with van der Waals surface area (Å²) in [5.41, 5.74) is 0.274. The quantitative estimate of drug-likeness (QED) is 0.817. The molecular formula is C14H30N2O. The van der Waals surface area contributed by atoms with Gasteiger partial charge in [0, 0.05) is 43.7 Å². The van der Waals surface area contributed by atoms with Crippen LogP contribution in [-0.4, -0.2) is 59.3 Å². The lowest BCUT2D eigenvalue weighted by Crippen LogP contribution is -2.55. The van der Waals surface area contributed by atoms with Gasteiger partial charge in [0.2, 0.25) is 0 Å². The van der Waals surface area contributed by atoms with E-state index in [1.165, 1.54) is 0 Å². The predicted octanol–water partition coefficient (Wildman–Crippen LogP) is 1.81. The summed E-state index contributed by atoms with van der Waals surface area (Å²) in [5.74, 6) is 0. The third kappa shape index (κ3) is 4.23. The van der Waals surface area contributed by atoms with Crippen LogP contribution in [0.15, 0.2) is 0 Å². The highest BCUT2D eigenvalue weighted by Gasteiger charge is 2.31. The predicted molar refractivity (Wildman–Crippen MR) is 73.2 cm³/mol. The Morgan fingerprint density at radius 3 is 1.82 bits per heavy atom. The molecule has 3 heteroatoms. The second-order valence-corrected chi connectivity index (χ2v) is 7.10. The smallest absolute Gasteiger partial charge is 0.0575 e. The van der Waals surface area contributed by atoms with Crippen LogP contribution >= 0.6 is 0 Å². The average Bonchev–Trinajstić information content (AvgIpc) is 2.16. The summed E-state index contributed by atoms with van der Waals surface area (Å²) in [7, 11) is 0. The van der Waals surface area contributed by atoms with Crippen LogP contribution in [-0.2, 0) is 0 Å². The molecular weight excluding hydrogens is 212 g/mol. The number of aliphatic hydroxyl groups is 1. The highest BCUT2D eigenvalue weighted by Crippen LogP contribution is 2.23. The number of rotatable bonds is 3. The van der Waals surface area contributed by atoms with E-state index >= 15 is 0 Å². The Morgan fingerprint density at radius 2 is 1.47 bits per heavy atom. The van der Waals surface area contributed by atoms with Gasteiger partial charge in [-0.15, -0.1) is 0 Å². The Labute approximate surface area is 107 Å². The molecule has 1 rings (SSSR count). The van der Waals surface area contributed by atoms with Crippen LogP contribution in [0.1, 0.15) is 41.5 Å². The van der Waals surface area contributed by atoms with Crippen molar-refractivity contribution in [3.05, 3.63) is 0 Å². The Bertz CT molecular complexity index is 235. The minimum absolute atomic E-state index is 0.0100. The zero-order chi connectivity index (χ0) is 13.3. The molecule has 1 atom stereocenters. The molecule has 1 heterocycles. The standard InChI is InChI=1S/C14H30N2O/c1-12(17)14(5,6)11-15-7-9-16(10-8-15)13(2,3)4/h12,17H,7-11H2,1-6H3. The van der Waals surface area contributed by atoms with Crippen LogP contribution in [0.2, 0.25) is 0 Å². The average molecular weight is 242 g/mol.